The predicted octanol–water partition coefficient (Wildman–Crippen LogP) is 1.96. The highest BCUT2D eigenvalue weighted by atomic mass is 79.9. The average molecular weight is 433 g/mol. The number of benzene rings is 1. The number of carbonyl (C=O) groups is 2. The van der Waals surface area contributed by atoms with E-state index < -0.39 is 28.5 Å². The second kappa shape index (κ2) is 8.77. The first-order valence-corrected chi connectivity index (χ1v) is 10.4. The monoisotopic (exact) mass is 432 g/mol. The molecule has 7 nitrogen and oxygen atoms in total. The number of rotatable bonds is 9. The Labute approximate surface area is 155 Å². The van der Waals surface area contributed by atoms with Crippen molar-refractivity contribution in [3.8, 4) is 0 Å². The summed E-state index contributed by atoms with van der Waals surface area (Å²) >= 11 is 3.20. The molecule has 0 aromatic heterocycles. The number of hydrogen-bond acceptors (Lipinski definition) is 5. The highest BCUT2D eigenvalue weighted by molar-refractivity contribution is 9.10. The van der Waals surface area contributed by atoms with Crippen LogP contribution in [0.25, 0.3) is 0 Å². The normalized spacial score (nSPS) is 14.2. The number of nitrogens with one attached hydrogen (secondary N) is 2. The van der Waals surface area contributed by atoms with E-state index in [1.54, 1.807) is 0 Å². The van der Waals surface area contributed by atoms with Crippen molar-refractivity contribution in [1.82, 2.24) is 10.0 Å². The maximum Gasteiger partial charge on any atom is 0.339 e. The van der Waals surface area contributed by atoms with Gasteiger partial charge >= 0.3 is 5.97 Å². The Kier molecular flexibility index (Phi) is 6.97. The molecular formula is C16H21BrN2O5S. The minimum atomic E-state index is -3.67. The molecule has 0 radical (unpaired) electrons. The quantitative estimate of drug-likeness (QED) is 0.458. The van der Waals surface area contributed by atoms with Crippen LogP contribution in [0.4, 0.5) is 0 Å². The fourth-order valence-electron chi connectivity index (χ4n) is 1.98. The van der Waals surface area contributed by atoms with Crippen molar-refractivity contribution in [2.75, 3.05) is 13.2 Å². The minimum absolute atomic E-state index is 0.0121. The predicted molar refractivity (Wildman–Crippen MR) is 95.7 cm³/mol. The number of sulfonamides is 1. The van der Waals surface area contributed by atoms with Crippen LogP contribution in [-0.4, -0.2) is 39.5 Å². The van der Waals surface area contributed by atoms with Gasteiger partial charge in [-0.3, -0.25) is 4.79 Å². The Balaban J connectivity index is 2.01. The van der Waals surface area contributed by atoms with Crippen LogP contribution in [0.3, 0.4) is 0 Å². The van der Waals surface area contributed by atoms with E-state index in [1.165, 1.54) is 18.2 Å². The van der Waals surface area contributed by atoms with Gasteiger partial charge in [0.25, 0.3) is 5.91 Å². The summed E-state index contributed by atoms with van der Waals surface area (Å²) in [6.07, 6.45) is 3.43. The molecule has 138 valence electrons. The summed E-state index contributed by atoms with van der Waals surface area (Å²) in [6, 6.07) is 4.09. The average Bonchev–Trinajstić information content (AvgIpc) is 3.36. The molecule has 1 aromatic carbocycles. The van der Waals surface area contributed by atoms with Crippen LogP contribution in [-0.2, 0) is 19.6 Å². The van der Waals surface area contributed by atoms with Gasteiger partial charge in [0, 0.05) is 17.1 Å². The van der Waals surface area contributed by atoms with Crippen molar-refractivity contribution in [3.63, 3.8) is 0 Å². The van der Waals surface area contributed by atoms with E-state index in [4.69, 9.17) is 4.74 Å². The Morgan fingerprint density at radius 1 is 1.32 bits per heavy atom. The molecule has 0 saturated heterocycles. The second-order valence-electron chi connectivity index (χ2n) is 5.82. The number of unbranched alkanes of at least 4 members (excludes halogenated alkanes) is 1. The zero-order chi connectivity index (χ0) is 18.4. The Hall–Kier alpha value is -1.45. The van der Waals surface area contributed by atoms with E-state index in [0.29, 0.717) is 11.0 Å². The molecule has 9 heteroatoms. The number of ether oxygens (including phenoxy) is 1. The van der Waals surface area contributed by atoms with Gasteiger partial charge in [0.1, 0.15) is 0 Å². The maximum absolute atomic E-state index is 12.2. The molecule has 1 amide bonds. The number of halogens is 1. The van der Waals surface area contributed by atoms with Crippen LogP contribution in [0.15, 0.2) is 27.6 Å². The third-order valence-corrected chi connectivity index (χ3v) is 5.76. The lowest BCUT2D eigenvalue weighted by Gasteiger charge is -2.10. The van der Waals surface area contributed by atoms with Gasteiger partial charge in [0.05, 0.1) is 10.5 Å². The van der Waals surface area contributed by atoms with Gasteiger partial charge in [-0.25, -0.2) is 17.9 Å². The molecule has 1 aliphatic rings. The molecule has 25 heavy (non-hydrogen) atoms. The van der Waals surface area contributed by atoms with Gasteiger partial charge in [0.15, 0.2) is 6.61 Å². The Morgan fingerprint density at radius 2 is 2.04 bits per heavy atom. The van der Waals surface area contributed by atoms with Crippen LogP contribution < -0.4 is 10.0 Å². The van der Waals surface area contributed by atoms with Gasteiger partial charge in [-0.1, -0.05) is 13.3 Å². The van der Waals surface area contributed by atoms with Crippen LogP contribution in [0, 0.1) is 0 Å². The molecule has 0 unspecified atom stereocenters. The van der Waals surface area contributed by atoms with Crippen molar-refractivity contribution in [2.24, 2.45) is 0 Å². The molecule has 1 aliphatic carbocycles. The molecule has 1 saturated carbocycles. The minimum Gasteiger partial charge on any atom is -0.452 e. The molecule has 2 N–H and O–H groups in total. The number of esters is 1. The largest absolute Gasteiger partial charge is 0.452 e. The van der Waals surface area contributed by atoms with Crippen molar-refractivity contribution in [2.45, 2.75) is 43.5 Å². The smallest absolute Gasteiger partial charge is 0.339 e. The van der Waals surface area contributed by atoms with Gasteiger partial charge in [0.2, 0.25) is 10.0 Å². The topological polar surface area (TPSA) is 102 Å². The fraction of sp³-hybridized carbons (Fsp3) is 0.500. The highest BCUT2D eigenvalue weighted by Crippen LogP contribution is 2.25. The molecule has 0 bridgehead atoms. The Bertz CT molecular complexity index is 747. The van der Waals surface area contributed by atoms with Gasteiger partial charge in [-0.15, -0.1) is 0 Å². The summed E-state index contributed by atoms with van der Waals surface area (Å²) in [4.78, 5) is 23.7. The van der Waals surface area contributed by atoms with Gasteiger partial charge < -0.3 is 10.1 Å². The summed E-state index contributed by atoms with van der Waals surface area (Å²) in [6.45, 7) is 2.12. The van der Waals surface area contributed by atoms with Crippen molar-refractivity contribution >= 4 is 37.8 Å². The van der Waals surface area contributed by atoms with Crippen molar-refractivity contribution in [1.29, 1.82) is 0 Å². The van der Waals surface area contributed by atoms with E-state index in [-0.39, 0.29) is 16.5 Å². The molecule has 0 spiro atoms. The Morgan fingerprint density at radius 3 is 2.68 bits per heavy atom. The zero-order valence-electron chi connectivity index (χ0n) is 13.9. The van der Waals surface area contributed by atoms with Crippen LogP contribution in [0.2, 0.25) is 0 Å². The second-order valence-corrected chi connectivity index (χ2v) is 8.39. The lowest BCUT2D eigenvalue weighted by Crippen LogP contribution is -2.29. The highest BCUT2D eigenvalue weighted by Gasteiger charge is 2.28. The number of carbonyl (C=O) groups excluding carboxylic acids is 2. The first kappa shape index (κ1) is 19.9. The molecule has 1 fully saturated rings. The fourth-order valence-corrected chi connectivity index (χ4v) is 3.72. The number of hydrogen-bond donors (Lipinski definition) is 2. The van der Waals surface area contributed by atoms with E-state index in [0.717, 1.165) is 25.7 Å². The summed E-state index contributed by atoms with van der Waals surface area (Å²) in [5.41, 5.74) is 0.0556. The van der Waals surface area contributed by atoms with Crippen LogP contribution in [0.1, 0.15) is 43.0 Å². The van der Waals surface area contributed by atoms with E-state index in [2.05, 4.69) is 26.0 Å². The molecule has 0 aliphatic heterocycles. The summed E-state index contributed by atoms with van der Waals surface area (Å²) in [7, 11) is -3.67. The van der Waals surface area contributed by atoms with Crippen LogP contribution in [0.5, 0.6) is 0 Å². The van der Waals surface area contributed by atoms with E-state index in [9.17, 15) is 18.0 Å². The maximum atomic E-state index is 12.2. The first-order valence-electron chi connectivity index (χ1n) is 8.09. The summed E-state index contributed by atoms with van der Waals surface area (Å²) < 4.78 is 32.4. The first-order chi connectivity index (χ1) is 11.8. The van der Waals surface area contributed by atoms with Crippen LogP contribution >= 0.6 is 15.9 Å². The molecule has 1 aromatic rings. The molecule has 0 heterocycles. The van der Waals surface area contributed by atoms with Crippen molar-refractivity contribution < 1.29 is 22.7 Å². The van der Waals surface area contributed by atoms with Gasteiger partial charge in [-0.2, -0.15) is 0 Å². The SMILES string of the molecule is CCCCNC(=O)COC(=O)c1cc(S(=O)(=O)NC2CC2)ccc1Br. The van der Waals surface area contributed by atoms with E-state index in [1.807, 2.05) is 6.92 Å². The third kappa shape index (κ3) is 6.09. The molecular weight excluding hydrogens is 412 g/mol. The van der Waals surface area contributed by atoms with Crippen molar-refractivity contribution in [3.05, 3.63) is 28.2 Å². The molecule has 0 atom stereocenters. The van der Waals surface area contributed by atoms with Gasteiger partial charge in [-0.05, 0) is 53.4 Å². The third-order valence-electron chi connectivity index (χ3n) is 3.55. The standard InChI is InChI=1S/C16H21BrN2O5S/c1-2-3-8-18-15(20)10-24-16(21)13-9-12(6-7-14(13)17)25(22,23)19-11-4-5-11/h6-7,9,11,19H,2-5,8,10H2,1H3,(H,18,20). The zero-order valence-corrected chi connectivity index (χ0v) is 16.3. The molecule has 2 rings (SSSR count). The lowest BCUT2D eigenvalue weighted by molar-refractivity contribution is -0.124. The van der Waals surface area contributed by atoms with E-state index >= 15 is 0 Å². The summed E-state index contributed by atoms with van der Waals surface area (Å²) in [5, 5.41) is 2.64. The lowest BCUT2D eigenvalue weighted by atomic mass is 10.2. The summed E-state index contributed by atoms with van der Waals surface area (Å²) in [5.74, 6) is -1.15. The number of amides is 1.